The van der Waals surface area contributed by atoms with Gasteiger partial charge in [-0.05, 0) is 11.6 Å². The van der Waals surface area contributed by atoms with Crippen LogP contribution in [0.4, 0.5) is 0 Å². The Morgan fingerprint density at radius 2 is 1.67 bits per heavy atom. The predicted octanol–water partition coefficient (Wildman–Crippen LogP) is 3.04. The van der Waals surface area contributed by atoms with Crippen LogP contribution in [0.5, 0.6) is 5.75 Å². The number of benzene rings is 2. The minimum atomic E-state index is 0.152. The summed E-state index contributed by atoms with van der Waals surface area (Å²) in [7, 11) is 0. The summed E-state index contributed by atoms with van der Waals surface area (Å²) in [6.07, 6.45) is 5.38. The molecule has 0 radical (unpaired) electrons. The zero-order valence-electron chi connectivity index (χ0n) is 8.14. The summed E-state index contributed by atoms with van der Waals surface area (Å²) in [5.41, 5.74) is 2.45. The molecule has 0 spiro atoms. The summed E-state index contributed by atoms with van der Waals surface area (Å²) < 4.78 is 0. The smallest absolute Gasteiger partial charge is 0.131 e. The second-order valence-corrected chi connectivity index (χ2v) is 3.21. The largest absolute Gasteiger partial charge is 0.507 e. The van der Waals surface area contributed by atoms with Gasteiger partial charge >= 0.3 is 0 Å². The van der Waals surface area contributed by atoms with E-state index in [1.54, 1.807) is 12.1 Å². The van der Waals surface area contributed by atoms with Crippen molar-refractivity contribution in [2.24, 2.45) is 0 Å². The van der Waals surface area contributed by atoms with Gasteiger partial charge in [0, 0.05) is 5.56 Å². The molecule has 0 saturated carbocycles. The first-order valence-electron chi connectivity index (χ1n) is 4.67. The van der Waals surface area contributed by atoms with Crippen LogP contribution in [0.1, 0.15) is 5.56 Å². The van der Waals surface area contributed by atoms with E-state index in [9.17, 15) is 5.11 Å². The lowest BCUT2D eigenvalue weighted by Crippen LogP contribution is -1.84. The number of phenolic OH excluding ortho intramolecular Hbond substituents is 1. The highest BCUT2D eigenvalue weighted by Gasteiger charge is 2.06. The molecule has 1 nitrogen and oxygen atoms in total. The average Bonchev–Trinajstić information content (AvgIpc) is 2.30. The van der Waals surface area contributed by atoms with Gasteiger partial charge in [0.2, 0.25) is 0 Å². The summed E-state index contributed by atoms with van der Waals surface area (Å²) in [5, 5.41) is 9.61. The van der Waals surface area contributed by atoms with Crippen LogP contribution in [-0.2, 0) is 0 Å². The van der Waals surface area contributed by atoms with E-state index in [0.717, 1.165) is 11.1 Å². The third-order valence-corrected chi connectivity index (χ3v) is 2.27. The first-order valence-corrected chi connectivity index (χ1v) is 4.67. The van der Waals surface area contributed by atoms with Crippen LogP contribution in [0, 0.1) is 12.3 Å². The molecular weight excluding hydrogens is 184 g/mol. The minimum Gasteiger partial charge on any atom is -0.507 e. The molecule has 1 N–H and O–H groups in total. The Morgan fingerprint density at radius 1 is 0.933 bits per heavy atom. The van der Waals surface area contributed by atoms with E-state index in [2.05, 4.69) is 5.92 Å². The molecule has 0 aliphatic rings. The Labute approximate surface area is 89.0 Å². The number of rotatable bonds is 1. The number of terminal acetylenes is 1. The van der Waals surface area contributed by atoms with Gasteiger partial charge in [0.25, 0.3) is 0 Å². The highest BCUT2D eigenvalue weighted by atomic mass is 16.3. The third-order valence-electron chi connectivity index (χ3n) is 2.27. The van der Waals surface area contributed by atoms with Crippen molar-refractivity contribution in [2.45, 2.75) is 0 Å². The van der Waals surface area contributed by atoms with E-state index in [4.69, 9.17) is 6.42 Å². The number of hydrogen-bond donors (Lipinski definition) is 1. The van der Waals surface area contributed by atoms with Crippen molar-refractivity contribution in [2.75, 3.05) is 0 Å². The molecule has 2 aromatic carbocycles. The lowest BCUT2D eigenvalue weighted by Gasteiger charge is -2.06. The maximum Gasteiger partial charge on any atom is 0.131 e. The van der Waals surface area contributed by atoms with Crippen LogP contribution in [0.25, 0.3) is 11.1 Å². The van der Waals surface area contributed by atoms with Crippen molar-refractivity contribution in [3.05, 3.63) is 54.1 Å². The van der Waals surface area contributed by atoms with Crippen molar-refractivity contribution in [1.82, 2.24) is 0 Å². The molecule has 0 saturated heterocycles. The summed E-state index contributed by atoms with van der Waals surface area (Å²) in [6.45, 7) is 0. The Kier molecular flexibility index (Phi) is 2.43. The molecule has 0 atom stereocenters. The van der Waals surface area contributed by atoms with Crippen molar-refractivity contribution in [3.8, 4) is 29.2 Å². The molecule has 0 fully saturated rings. The van der Waals surface area contributed by atoms with Crippen molar-refractivity contribution in [1.29, 1.82) is 0 Å². The number of phenols is 1. The lowest BCUT2D eigenvalue weighted by molar-refractivity contribution is 0.474. The maximum atomic E-state index is 9.61. The molecular formula is C14H10O. The molecule has 0 aliphatic heterocycles. The molecule has 15 heavy (non-hydrogen) atoms. The first kappa shape index (κ1) is 9.36. The van der Waals surface area contributed by atoms with Gasteiger partial charge in [0.05, 0.1) is 5.56 Å². The fourth-order valence-corrected chi connectivity index (χ4v) is 1.55. The highest BCUT2D eigenvalue weighted by molar-refractivity contribution is 5.73. The normalized spacial score (nSPS) is 9.53. The standard InChI is InChI=1S/C14H10O/c1-2-12-13(9-6-10-14(12)15)11-7-4-3-5-8-11/h1,3-10,15H. The lowest BCUT2D eigenvalue weighted by atomic mass is 9.99. The minimum absolute atomic E-state index is 0.152. The molecule has 0 amide bonds. The fraction of sp³-hybridized carbons (Fsp3) is 0. The predicted molar refractivity (Wildman–Crippen MR) is 61.5 cm³/mol. The van der Waals surface area contributed by atoms with Gasteiger partial charge in [-0.1, -0.05) is 48.4 Å². The molecule has 2 rings (SSSR count). The SMILES string of the molecule is C#Cc1c(O)cccc1-c1ccccc1. The number of hydrogen-bond acceptors (Lipinski definition) is 1. The van der Waals surface area contributed by atoms with Gasteiger partial charge in [-0.3, -0.25) is 0 Å². The summed E-state index contributed by atoms with van der Waals surface area (Å²) in [5.74, 6) is 2.66. The molecule has 1 heteroatoms. The molecule has 2 aromatic rings. The Hall–Kier alpha value is -2.20. The molecule has 0 unspecified atom stereocenters. The van der Waals surface area contributed by atoms with Crippen LogP contribution in [0.15, 0.2) is 48.5 Å². The molecule has 0 bridgehead atoms. The summed E-state index contributed by atoms with van der Waals surface area (Å²) in [4.78, 5) is 0. The third kappa shape index (κ3) is 1.70. The van der Waals surface area contributed by atoms with Gasteiger partial charge in [0.15, 0.2) is 0 Å². The first-order chi connectivity index (χ1) is 7.33. The second-order valence-electron chi connectivity index (χ2n) is 3.21. The van der Waals surface area contributed by atoms with Gasteiger partial charge < -0.3 is 5.11 Å². The van der Waals surface area contributed by atoms with E-state index >= 15 is 0 Å². The van der Waals surface area contributed by atoms with Gasteiger partial charge in [-0.2, -0.15) is 0 Å². The fourth-order valence-electron chi connectivity index (χ4n) is 1.55. The van der Waals surface area contributed by atoms with Crippen LogP contribution >= 0.6 is 0 Å². The maximum absolute atomic E-state index is 9.61. The van der Waals surface area contributed by atoms with Gasteiger partial charge in [-0.15, -0.1) is 6.42 Å². The van der Waals surface area contributed by atoms with Crippen LogP contribution < -0.4 is 0 Å². The van der Waals surface area contributed by atoms with E-state index in [1.807, 2.05) is 36.4 Å². The molecule has 0 heterocycles. The second kappa shape index (κ2) is 3.89. The number of aromatic hydroxyl groups is 1. The zero-order valence-corrected chi connectivity index (χ0v) is 8.14. The van der Waals surface area contributed by atoms with E-state index in [-0.39, 0.29) is 5.75 Å². The van der Waals surface area contributed by atoms with E-state index in [0.29, 0.717) is 5.56 Å². The molecule has 0 aliphatic carbocycles. The topological polar surface area (TPSA) is 20.2 Å². The monoisotopic (exact) mass is 194 g/mol. The zero-order chi connectivity index (χ0) is 10.7. The van der Waals surface area contributed by atoms with Crippen molar-refractivity contribution < 1.29 is 5.11 Å². The van der Waals surface area contributed by atoms with Crippen LogP contribution in [0.3, 0.4) is 0 Å². The Morgan fingerprint density at radius 3 is 2.33 bits per heavy atom. The van der Waals surface area contributed by atoms with Crippen LogP contribution in [0.2, 0.25) is 0 Å². The average molecular weight is 194 g/mol. The van der Waals surface area contributed by atoms with Crippen LogP contribution in [-0.4, -0.2) is 5.11 Å². The highest BCUT2D eigenvalue weighted by Crippen LogP contribution is 2.28. The van der Waals surface area contributed by atoms with E-state index in [1.165, 1.54) is 0 Å². The summed E-state index contributed by atoms with van der Waals surface area (Å²) in [6, 6.07) is 15.1. The van der Waals surface area contributed by atoms with E-state index < -0.39 is 0 Å². The molecule has 72 valence electrons. The van der Waals surface area contributed by atoms with Gasteiger partial charge in [-0.25, -0.2) is 0 Å². The Balaban J connectivity index is 2.65. The molecule has 0 aromatic heterocycles. The van der Waals surface area contributed by atoms with Gasteiger partial charge in [0.1, 0.15) is 5.75 Å². The van der Waals surface area contributed by atoms with Crippen molar-refractivity contribution >= 4 is 0 Å². The summed E-state index contributed by atoms with van der Waals surface area (Å²) >= 11 is 0. The Bertz CT molecular complexity index is 507. The quantitative estimate of drug-likeness (QED) is 0.692. The van der Waals surface area contributed by atoms with Crippen molar-refractivity contribution in [3.63, 3.8) is 0 Å².